The van der Waals surface area contributed by atoms with Gasteiger partial charge >= 0.3 is 0 Å². The highest BCUT2D eigenvalue weighted by molar-refractivity contribution is 7.97. The third-order valence-electron chi connectivity index (χ3n) is 3.78. The van der Waals surface area contributed by atoms with Gasteiger partial charge in [-0.1, -0.05) is 30.9 Å². The maximum atomic E-state index is 4.02. The third kappa shape index (κ3) is 5.49. The second-order valence-electron chi connectivity index (χ2n) is 5.60. The summed E-state index contributed by atoms with van der Waals surface area (Å²) in [5, 5.41) is 0. The Morgan fingerprint density at radius 3 is 2.00 bits per heavy atom. The molecule has 2 aromatic carbocycles. The van der Waals surface area contributed by atoms with E-state index < -0.39 is 0 Å². The molecule has 1 heterocycles. The van der Waals surface area contributed by atoms with Crippen molar-refractivity contribution >= 4 is 11.9 Å². The summed E-state index contributed by atoms with van der Waals surface area (Å²) in [5.41, 5.74) is 4.64. The Morgan fingerprint density at radius 2 is 1.40 bits per heavy atom. The highest BCUT2D eigenvalue weighted by Gasteiger charge is 1.96. The van der Waals surface area contributed by atoms with Crippen molar-refractivity contribution in [3.63, 3.8) is 0 Å². The molecule has 0 saturated carbocycles. The Morgan fingerprint density at radius 1 is 0.800 bits per heavy atom. The van der Waals surface area contributed by atoms with Crippen LogP contribution in [0.1, 0.15) is 29.2 Å². The third-order valence-corrected chi connectivity index (χ3v) is 4.58. The molecule has 0 saturated heterocycles. The van der Waals surface area contributed by atoms with Crippen LogP contribution in [-0.4, -0.2) is 4.98 Å². The van der Waals surface area contributed by atoms with E-state index in [1.165, 1.54) is 16.0 Å². The fraction of sp³-hybridized carbons (Fsp3) is 0.136. The van der Waals surface area contributed by atoms with Crippen LogP contribution in [-0.2, 0) is 13.0 Å². The molecule has 0 radical (unpaired) electrons. The summed E-state index contributed by atoms with van der Waals surface area (Å²) < 4.78 is 3.36. The number of benzene rings is 2. The van der Waals surface area contributed by atoms with Crippen LogP contribution in [0.15, 0.2) is 78.0 Å². The van der Waals surface area contributed by atoms with Crippen molar-refractivity contribution in [3.05, 3.63) is 95.3 Å². The summed E-state index contributed by atoms with van der Waals surface area (Å²) in [6.07, 6.45) is 4.68. The molecule has 0 fully saturated rings. The van der Waals surface area contributed by atoms with Gasteiger partial charge < -0.3 is 0 Å². The molecule has 1 aromatic heterocycles. The molecular formula is C22H20N2S. The monoisotopic (exact) mass is 344 g/mol. The standard InChI is InChI=1S/C22H20N2S/c1-2-18-3-5-19(6-4-18)7-8-20-9-11-22(12-10-20)25-24-17-21-13-15-23-16-14-21/h3-6,9-16,24H,2,17H2,1H3. The predicted octanol–water partition coefficient (Wildman–Crippen LogP) is 4.84. The lowest BCUT2D eigenvalue weighted by Crippen LogP contribution is -2.02. The van der Waals surface area contributed by atoms with Crippen molar-refractivity contribution in [1.29, 1.82) is 0 Å². The molecule has 0 amide bonds. The quantitative estimate of drug-likeness (QED) is 0.529. The summed E-state index contributed by atoms with van der Waals surface area (Å²) >= 11 is 1.62. The molecule has 3 heteroatoms. The summed E-state index contributed by atoms with van der Waals surface area (Å²) in [5.74, 6) is 6.44. The molecule has 25 heavy (non-hydrogen) atoms. The molecule has 0 aliphatic carbocycles. The van der Waals surface area contributed by atoms with Crippen LogP contribution in [0.2, 0.25) is 0 Å². The molecule has 124 valence electrons. The second kappa shape index (κ2) is 9.08. The zero-order valence-corrected chi connectivity index (χ0v) is 15.0. The first-order valence-electron chi connectivity index (χ1n) is 8.33. The van der Waals surface area contributed by atoms with Gasteiger partial charge in [0.2, 0.25) is 0 Å². The number of pyridine rings is 1. The van der Waals surface area contributed by atoms with Crippen LogP contribution >= 0.6 is 11.9 Å². The summed E-state index contributed by atoms with van der Waals surface area (Å²) in [4.78, 5) is 5.19. The molecule has 1 N–H and O–H groups in total. The Labute approximate surface area is 153 Å². The zero-order valence-electron chi connectivity index (χ0n) is 14.2. The van der Waals surface area contributed by atoms with Gasteiger partial charge in [0.15, 0.2) is 0 Å². The molecule has 0 unspecified atom stereocenters. The normalized spacial score (nSPS) is 10.1. The van der Waals surface area contributed by atoms with Gasteiger partial charge in [0.25, 0.3) is 0 Å². The number of hydrogen-bond acceptors (Lipinski definition) is 3. The Balaban J connectivity index is 1.54. The topological polar surface area (TPSA) is 24.9 Å². The predicted molar refractivity (Wildman–Crippen MR) is 105 cm³/mol. The van der Waals surface area contributed by atoms with E-state index in [-0.39, 0.29) is 0 Å². The van der Waals surface area contributed by atoms with E-state index in [1.807, 2.05) is 24.5 Å². The maximum absolute atomic E-state index is 4.02. The summed E-state index contributed by atoms with van der Waals surface area (Å²) in [6, 6.07) is 20.8. The van der Waals surface area contributed by atoms with Crippen LogP contribution in [0.25, 0.3) is 0 Å². The molecule has 2 nitrogen and oxygen atoms in total. The van der Waals surface area contributed by atoms with Crippen molar-refractivity contribution < 1.29 is 0 Å². The van der Waals surface area contributed by atoms with E-state index in [0.29, 0.717) is 0 Å². The fourth-order valence-electron chi connectivity index (χ4n) is 2.28. The van der Waals surface area contributed by atoms with Crippen LogP contribution < -0.4 is 4.72 Å². The molecule has 0 aliphatic rings. The van der Waals surface area contributed by atoms with E-state index >= 15 is 0 Å². The maximum Gasteiger partial charge on any atom is 0.0314 e. The van der Waals surface area contributed by atoms with Crippen LogP contribution in [0, 0.1) is 11.8 Å². The number of nitrogens with one attached hydrogen (secondary N) is 1. The van der Waals surface area contributed by atoms with Gasteiger partial charge in [-0.2, -0.15) is 0 Å². The van der Waals surface area contributed by atoms with Crippen LogP contribution in [0.5, 0.6) is 0 Å². The molecule has 3 aromatic rings. The number of aryl methyl sites for hydroxylation is 1. The molecule has 0 aliphatic heterocycles. The van der Waals surface area contributed by atoms with Gasteiger partial charge in [0, 0.05) is 35.0 Å². The van der Waals surface area contributed by atoms with Gasteiger partial charge in [-0.05, 0) is 78.0 Å². The molecular weight excluding hydrogens is 324 g/mol. The van der Waals surface area contributed by atoms with Gasteiger partial charge in [-0.3, -0.25) is 9.71 Å². The van der Waals surface area contributed by atoms with E-state index in [0.717, 1.165) is 24.1 Å². The minimum absolute atomic E-state index is 0.808. The Bertz CT molecular complexity index is 845. The first-order valence-corrected chi connectivity index (χ1v) is 9.15. The lowest BCUT2D eigenvalue weighted by Gasteiger charge is -2.04. The van der Waals surface area contributed by atoms with Gasteiger partial charge in [0.1, 0.15) is 0 Å². The minimum Gasteiger partial charge on any atom is -0.265 e. The number of hydrogen-bond donors (Lipinski definition) is 1. The van der Waals surface area contributed by atoms with Crippen LogP contribution in [0.3, 0.4) is 0 Å². The lowest BCUT2D eigenvalue weighted by molar-refractivity contribution is 0.969. The van der Waals surface area contributed by atoms with Crippen LogP contribution in [0.4, 0.5) is 0 Å². The number of nitrogens with zero attached hydrogens (tertiary/aromatic N) is 1. The smallest absolute Gasteiger partial charge is 0.0314 e. The first-order chi connectivity index (χ1) is 12.3. The lowest BCUT2D eigenvalue weighted by atomic mass is 10.1. The van der Waals surface area contributed by atoms with E-state index in [2.05, 4.69) is 77.0 Å². The average Bonchev–Trinajstić information content (AvgIpc) is 2.68. The Hall–Kier alpha value is -2.54. The first kappa shape index (κ1) is 17.3. The SMILES string of the molecule is CCc1ccc(C#Cc2ccc(SNCc3ccncc3)cc2)cc1. The van der Waals surface area contributed by atoms with Crippen molar-refractivity contribution in [1.82, 2.24) is 9.71 Å². The summed E-state index contributed by atoms with van der Waals surface area (Å²) in [6.45, 7) is 2.97. The highest BCUT2D eigenvalue weighted by atomic mass is 32.2. The average molecular weight is 344 g/mol. The Kier molecular flexibility index (Phi) is 6.28. The minimum atomic E-state index is 0.808. The van der Waals surface area contributed by atoms with Crippen molar-refractivity contribution in [3.8, 4) is 11.8 Å². The van der Waals surface area contributed by atoms with Crippen molar-refractivity contribution in [2.45, 2.75) is 24.8 Å². The van der Waals surface area contributed by atoms with E-state index in [1.54, 1.807) is 11.9 Å². The summed E-state index contributed by atoms with van der Waals surface area (Å²) in [7, 11) is 0. The van der Waals surface area contributed by atoms with Gasteiger partial charge in [0.05, 0.1) is 0 Å². The number of rotatable bonds is 5. The van der Waals surface area contributed by atoms with E-state index in [9.17, 15) is 0 Å². The van der Waals surface area contributed by atoms with Gasteiger partial charge in [-0.25, -0.2) is 0 Å². The molecule has 0 bridgehead atoms. The zero-order chi connectivity index (χ0) is 17.3. The largest absolute Gasteiger partial charge is 0.265 e. The molecule has 0 atom stereocenters. The fourth-order valence-corrected chi connectivity index (χ4v) is 2.96. The van der Waals surface area contributed by atoms with Crippen molar-refractivity contribution in [2.75, 3.05) is 0 Å². The molecule has 3 rings (SSSR count). The van der Waals surface area contributed by atoms with Crippen molar-refractivity contribution in [2.24, 2.45) is 0 Å². The second-order valence-corrected chi connectivity index (χ2v) is 6.57. The molecule has 0 spiro atoms. The highest BCUT2D eigenvalue weighted by Crippen LogP contribution is 2.16. The van der Waals surface area contributed by atoms with Gasteiger partial charge in [-0.15, -0.1) is 0 Å². The van der Waals surface area contributed by atoms with E-state index in [4.69, 9.17) is 0 Å². The number of aromatic nitrogens is 1.